The summed E-state index contributed by atoms with van der Waals surface area (Å²) in [5, 5.41) is 14.0. The first-order valence-corrected chi connectivity index (χ1v) is 9.76. The van der Waals surface area contributed by atoms with Crippen molar-refractivity contribution in [2.24, 2.45) is 7.05 Å². The number of anilines is 2. The lowest BCUT2D eigenvalue weighted by Gasteiger charge is -2.35. The van der Waals surface area contributed by atoms with Crippen LogP contribution in [0, 0.1) is 10.1 Å². The Labute approximate surface area is 183 Å². The maximum Gasteiger partial charge on any atom is 0.419 e. The van der Waals surface area contributed by atoms with Crippen LogP contribution in [-0.4, -0.2) is 49.7 Å². The Bertz CT molecular complexity index is 1170. The van der Waals surface area contributed by atoms with Gasteiger partial charge in [0.1, 0.15) is 11.2 Å². The smallest absolute Gasteiger partial charge is 0.350 e. The van der Waals surface area contributed by atoms with E-state index in [9.17, 15) is 27.7 Å². The topological polar surface area (TPSA) is 102 Å². The molecule has 9 nitrogen and oxygen atoms in total. The number of hydrogen-bond acceptors (Lipinski definition) is 7. The minimum absolute atomic E-state index is 0.0268. The lowest BCUT2D eigenvalue weighted by atomic mass is 10.0. The van der Waals surface area contributed by atoms with E-state index in [1.807, 2.05) is 0 Å². The lowest BCUT2D eigenvalue weighted by Crippen LogP contribution is -2.48. The molecule has 0 radical (unpaired) electrons. The summed E-state index contributed by atoms with van der Waals surface area (Å²) < 4.78 is 54.2. The molecule has 1 saturated heterocycles. The zero-order valence-corrected chi connectivity index (χ0v) is 17.2. The SMILES string of the molecule is Cn1c(N2CC(F)CC(Nc3ncc(C(F)(F)F)cn3)C2)nc2cc([N+](=O)[O-])c(Cl)cc21. The van der Waals surface area contributed by atoms with Crippen molar-refractivity contribution in [3.63, 3.8) is 0 Å². The number of nitro benzene ring substituents is 1. The molecule has 2 aromatic heterocycles. The van der Waals surface area contributed by atoms with Crippen molar-refractivity contribution in [3.05, 3.63) is 45.2 Å². The fraction of sp³-hybridized carbons (Fsp3) is 0.389. The van der Waals surface area contributed by atoms with Crippen LogP contribution in [-0.2, 0) is 13.2 Å². The Hall–Kier alpha value is -3.22. The number of fused-ring (bicyclic) bond motifs is 1. The number of halogens is 5. The van der Waals surface area contributed by atoms with Gasteiger partial charge < -0.3 is 14.8 Å². The molecule has 2 unspecified atom stereocenters. The van der Waals surface area contributed by atoms with Gasteiger partial charge in [-0.3, -0.25) is 10.1 Å². The third kappa shape index (κ3) is 4.24. The van der Waals surface area contributed by atoms with Crippen LogP contribution < -0.4 is 10.2 Å². The average molecular weight is 474 g/mol. The van der Waals surface area contributed by atoms with Gasteiger partial charge in [-0.2, -0.15) is 13.2 Å². The number of alkyl halides is 4. The van der Waals surface area contributed by atoms with E-state index >= 15 is 0 Å². The maximum atomic E-state index is 14.5. The van der Waals surface area contributed by atoms with Gasteiger partial charge in [-0.15, -0.1) is 0 Å². The molecule has 32 heavy (non-hydrogen) atoms. The van der Waals surface area contributed by atoms with E-state index in [1.165, 1.54) is 12.1 Å². The van der Waals surface area contributed by atoms with Crippen LogP contribution >= 0.6 is 11.6 Å². The van der Waals surface area contributed by atoms with E-state index in [1.54, 1.807) is 16.5 Å². The molecule has 0 aliphatic carbocycles. The second kappa shape index (κ2) is 8.04. The molecule has 0 bridgehead atoms. The van der Waals surface area contributed by atoms with Gasteiger partial charge in [-0.1, -0.05) is 11.6 Å². The van der Waals surface area contributed by atoms with Gasteiger partial charge in [0.2, 0.25) is 11.9 Å². The number of piperidine rings is 1. The molecule has 0 amide bonds. The fourth-order valence-corrected chi connectivity index (χ4v) is 3.88. The molecule has 0 spiro atoms. The predicted octanol–water partition coefficient (Wildman–Crippen LogP) is 3.97. The van der Waals surface area contributed by atoms with Gasteiger partial charge >= 0.3 is 6.18 Å². The summed E-state index contributed by atoms with van der Waals surface area (Å²) >= 11 is 5.99. The molecule has 1 aromatic carbocycles. The number of nitrogens with zero attached hydrogens (tertiary/aromatic N) is 6. The Balaban J connectivity index is 1.57. The van der Waals surface area contributed by atoms with E-state index in [0.29, 0.717) is 29.4 Å². The van der Waals surface area contributed by atoms with Crippen molar-refractivity contribution >= 4 is 40.2 Å². The van der Waals surface area contributed by atoms with Gasteiger partial charge in [0.05, 0.1) is 28.1 Å². The molecule has 2 atom stereocenters. The third-order valence-corrected chi connectivity index (χ3v) is 5.42. The summed E-state index contributed by atoms with van der Waals surface area (Å²) in [6.45, 7) is 0.289. The van der Waals surface area contributed by atoms with Crippen LogP contribution in [0.2, 0.25) is 5.02 Å². The van der Waals surface area contributed by atoms with Crippen molar-refractivity contribution in [3.8, 4) is 0 Å². The van der Waals surface area contributed by atoms with E-state index in [2.05, 4.69) is 20.3 Å². The molecule has 0 saturated carbocycles. The lowest BCUT2D eigenvalue weighted by molar-refractivity contribution is -0.384. The summed E-state index contributed by atoms with van der Waals surface area (Å²) in [6.07, 6.45) is -4.39. The highest BCUT2D eigenvalue weighted by molar-refractivity contribution is 6.33. The van der Waals surface area contributed by atoms with Crippen molar-refractivity contribution in [1.82, 2.24) is 19.5 Å². The van der Waals surface area contributed by atoms with Crippen LogP contribution in [0.1, 0.15) is 12.0 Å². The molecule has 3 heterocycles. The van der Waals surface area contributed by atoms with Gasteiger partial charge in [0, 0.05) is 44.5 Å². The number of imidazole rings is 1. The zero-order valence-electron chi connectivity index (χ0n) is 16.5. The van der Waals surface area contributed by atoms with Crippen LogP contribution in [0.15, 0.2) is 24.5 Å². The van der Waals surface area contributed by atoms with Crippen LogP contribution in [0.3, 0.4) is 0 Å². The Kier molecular flexibility index (Phi) is 5.53. The number of rotatable bonds is 4. The maximum absolute atomic E-state index is 14.5. The number of aryl methyl sites for hydroxylation is 1. The van der Waals surface area contributed by atoms with Crippen LogP contribution in [0.5, 0.6) is 0 Å². The highest BCUT2D eigenvalue weighted by Gasteiger charge is 2.33. The van der Waals surface area contributed by atoms with Gasteiger partial charge in [0.15, 0.2) is 0 Å². The second-order valence-corrected chi connectivity index (χ2v) is 7.80. The highest BCUT2D eigenvalue weighted by atomic mass is 35.5. The third-order valence-electron chi connectivity index (χ3n) is 5.12. The first kappa shape index (κ1) is 22.0. The van der Waals surface area contributed by atoms with E-state index < -0.39 is 28.9 Å². The number of nitro groups is 1. The Morgan fingerprint density at radius 2 is 1.94 bits per heavy atom. The number of benzene rings is 1. The number of aromatic nitrogens is 4. The van der Waals surface area contributed by atoms with Gasteiger partial charge in [-0.25, -0.2) is 19.3 Å². The summed E-state index contributed by atoms with van der Waals surface area (Å²) in [4.78, 5) is 23.9. The van der Waals surface area contributed by atoms with Crippen LogP contribution in [0.25, 0.3) is 11.0 Å². The molecule has 170 valence electrons. The van der Waals surface area contributed by atoms with E-state index in [4.69, 9.17) is 11.6 Å². The van der Waals surface area contributed by atoms with E-state index in [0.717, 1.165) is 0 Å². The monoisotopic (exact) mass is 473 g/mol. The quantitative estimate of drug-likeness (QED) is 0.347. The molecular formula is C18H16ClF4N7O2. The zero-order chi connectivity index (χ0) is 23.2. The minimum atomic E-state index is -4.55. The molecule has 1 aliphatic rings. The summed E-state index contributed by atoms with van der Waals surface area (Å²) in [7, 11) is 1.68. The summed E-state index contributed by atoms with van der Waals surface area (Å²) in [6, 6.07) is 2.17. The molecule has 14 heteroatoms. The van der Waals surface area contributed by atoms with Gasteiger partial charge in [-0.05, 0) is 6.07 Å². The van der Waals surface area contributed by atoms with E-state index in [-0.39, 0.29) is 36.2 Å². The van der Waals surface area contributed by atoms with Crippen molar-refractivity contribution < 1.29 is 22.5 Å². The molecule has 3 aromatic rings. The fourth-order valence-electron chi connectivity index (χ4n) is 3.65. The molecule has 1 fully saturated rings. The minimum Gasteiger partial charge on any atom is -0.350 e. The Morgan fingerprint density at radius 1 is 1.25 bits per heavy atom. The second-order valence-electron chi connectivity index (χ2n) is 7.39. The molecule has 1 aliphatic heterocycles. The average Bonchev–Trinajstić information content (AvgIpc) is 3.02. The molecule has 4 rings (SSSR count). The Morgan fingerprint density at radius 3 is 2.56 bits per heavy atom. The van der Waals surface area contributed by atoms with Crippen molar-refractivity contribution in [2.45, 2.75) is 24.8 Å². The number of nitrogens with one attached hydrogen (secondary N) is 1. The number of hydrogen-bond donors (Lipinski definition) is 1. The highest BCUT2D eigenvalue weighted by Crippen LogP contribution is 2.33. The van der Waals surface area contributed by atoms with Gasteiger partial charge in [0.25, 0.3) is 5.69 Å². The molecular weight excluding hydrogens is 458 g/mol. The first-order valence-electron chi connectivity index (χ1n) is 9.38. The largest absolute Gasteiger partial charge is 0.419 e. The summed E-state index contributed by atoms with van der Waals surface area (Å²) in [5.74, 6) is 0.323. The summed E-state index contributed by atoms with van der Waals surface area (Å²) in [5.41, 5.74) is -0.406. The van der Waals surface area contributed by atoms with Crippen molar-refractivity contribution in [2.75, 3.05) is 23.3 Å². The first-order chi connectivity index (χ1) is 15.0. The standard InChI is InChI=1S/C18H16ClF4N7O2/c1-28-15-3-12(19)14(30(31)32)4-13(15)27-17(28)29-7-10(20)2-11(8-29)26-16-24-5-9(6-25-16)18(21,22)23/h3-6,10-11H,2,7-8H2,1H3,(H,24,25,26). The van der Waals surface area contributed by atoms with Crippen LogP contribution in [0.4, 0.5) is 35.1 Å². The normalized spacial score (nSPS) is 19.4. The van der Waals surface area contributed by atoms with Crippen molar-refractivity contribution in [1.29, 1.82) is 0 Å². The predicted molar refractivity (Wildman–Crippen MR) is 109 cm³/mol. The molecule has 1 N–H and O–H groups in total.